The molecular weight excluding hydrogens is 274 g/mol. The van der Waals surface area contributed by atoms with Gasteiger partial charge in [0, 0.05) is 6.07 Å². The third-order valence-electron chi connectivity index (χ3n) is 2.66. The van der Waals surface area contributed by atoms with E-state index in [9.17, 15) is 15.2 Å². The Morgan fingerprint density at radius 2 is 1.62 bits per heavy atom. The maximum Gasteiger partial charge on any atom is 0.273 e. The lowest BCUT2D eigenvalue weighted by Gasteiger charge is -2.13. The van der Waals surface area contributed by atoms with Crippen molar-refractivity contribution in [1.82, 2.24) is 0 Å². The minimum absolute atomic E-state index is 0.00595. The Morgan fingerprint density at radius 3 is 2.29 bits per heavy atom. The molecule has 1 unspecified atom stereocenters. The number of hydrogen-bond donors (Lipinski definition) is 1. The molecular formula is C15H15NO5. The third-order valence-corrected chi connectivity index (χ3v) is 2.66. The van der Waals surface area contributed by atoms with Gasteiger partial charge >= 0.3 is 0 Å². The summed E-state index contributed by atoms with van der Waals surface area (Å²) in [6, 6.07) is 14.9. The fourth-order valence-corrected chi connectivity index (χ4v) is 1.64. The standard InChI is InChI=1S/C15H15NO5/c17-13(10-20-14-6-2-1-3-7-14)11-21-15-8-4-5-12(9-15)16(18)19/h1-9,13,17H,10-11H2. The van der Waals surface area contributed by atoms with E-state index in [0.29, 0.717) is 11.5 Å². The highest BCUT2D eigenvalue weighted by Crippen LogP contribution is 2.19. The van der Waals surface area contributed by atoms with E-state index in [1.54, 1.807) is 18.2 Å². The predicted molar refractivity (Wildman–Crippen MR) is 76.5 cm³/mol. The van der Waals surface area contributed by atoms with Gasteiger partial charge in [-0.05, 0) is 18.2 Å². The van der Waals surface area contributed by atoms with Gasteiger partial charge in [0.05, 0.1) is 11.0 Å². The third kappa shape index (κ3) is 4.77. The molecule has 0 heterocycles. The molecule has 6 heteroatoms. The van der Waals surface area contributed by atoms with Crippen molar-refractivity contribution in [1.29, 1.82) is 0 Å². The van der Waals surface area contributed by atoms with Crippen molar-refractivity contribution < 1.29 is 19.5 Å². The van der Waals surface area contributed by atoms with Crippen LogP contribution in [0.25, 0.3) is 0 Å². The normalized spacial score (nSPS) is 11.7. The first-order valence-corrected chi connectivity index (χ1v) is 6.38. The van der Waals surface area contributed by atoms with E-state index < -0.39 is 11.0 Å². The average Bonchev–Trinajstić information content (AvgIpc) is 2.52. The number of rotatable bonds is 7. The van der Waals surface area contributed by atoms with E-state index in [0.717, 1.165) is 0 Å². The summed E-state index contributed by atoms with van der Waals surface area (Å²) >= 11 is 0. The number of nitro benzene ring substituents is 1. The van der Waals surface area contributed by atoms with Gasteiger partial charge in [0.25, 0.3) is 5.69 Å². The van der Waals surface area contributed by atoms with Crippen LogP contribution in [0.4, 0.5) is 5.69 Å². The van der Waals surface area contributed by atoms with Gasteiger partial charge in [-0.25, -0.2) is 0 Å². The van der Waals surface area contributed by atoms with E-state index >= 15 is 0 Å². The molecule has 0 radical (unpaired) electrons. The Kier molecular flexibility index (Phi) is 5.11. The van der Waals surface area contributed by atoms with Crippen LogP contribution in [0.5, 0.6) is 11.5 Å². The molecule has 2 rings (SSSR count). The molecule has 1 atom stereocenters. The lowest BCUT2D eigenvalue weighted by Crippen LogP contribution is -2.25. The van der Waals surface area contributed by atoms with Crippen LogP contribution in [0.2, 0.25) is 0 Å². The molecule has 0 fully saturated rings. The second-order valence-electron chi connectivity index (χ2n) is 4.34. The van der Waals surface area contributed by atoms with Crippen molar-refractivity contribution in [3.63, 3.8) is 0 Å². The summed E-state index contributed by atoms with van der Waals surface area (Å²) in [7, 11) is 0. The largest absolute Gasteiger partial charge is 0.491 e. The molecule has 110 valence electrons. The second kappa shape index (κ2) is 7.25. The van der Waals surface area contributed by atoms with Gasteiger partial charge in [-0.1, -0.05) is 24.3 Å². The molecule has 21 heavy (non-hydrogen) atoms. The number of aliphatic hydroxyl groups excluding tert-OH is 1. The molecule has 0 spiro atoms. The molecule has 0 aromatic heterocycles. The lowest BCUT2D eigenvalue weighted by molar-refractivity contribution is -0.384. The first-order valence-electron chi connectivity index (χ1n) is 6.38. The lowest BCUT2D eigenvalue weighted by atomic mass is 10.3. The summed E-state index contributed by atoms with van der Waals surface area (Å²) in [6.07, 6.45) is -0.829. The van der Waals surface area contributed by atoms with E-state index in [4.69, 9.17) is 9.47 Å². The Hall–Kier alpha value is -2.60. The van der Waals surface area contributed by atoms with Crippen LogP contribution in [-0.2, 0) is 0 Å². The first kappa shape index (κ1) is 14.8. The van der Waals surface area contributed by atoms with Crippen LogP contribution >= 0.6 is 0 Å². The quantitative estimate of drug-likeness (QED) is 0.625. The summed E-state index contributed by atoms with van der Waals surface area (Å²) in [4.78, 5) is 10.1. The average molecular weight is 289 g/mol. The minimum atomic E-state index is -0.829. The molecule has 0 saturated carbocycles. The van der Waals surface area contributed by atoms with Gasteiger partial charge in [0.2, 0.25) is 0 Å². The summed E-state index contributed by atoms with van der Waals surface area (Å²) in [5, 5.41) is 20.4. The van der Waals surface area contributed by atoms with E-state index in [-0.39, 0.29) is 18.9 Å². The topological polar surface area (TPSA) is 81.8 Å². The number of ether oxygens (including phenoxy) is 2. The molecule has 0 aliphatic heterocycles. The summed E-state index contributed by atoms with van der Waals surface area (Å²) in [5.41, 5.74) is -0.0532. The fourth-order valence-electron chi connectivity index (χ4n) is 1.64. The number of nitrogens with zero attached hydrogens (tertiary/aromatic N) is 1. The fraction of sp³-hybridized carbons (Fsp3) is 0.200. The van der Waals surface area contributed by atoms with Gasteiger partial charge in [-0.3, -0.25) is 10.1 Å². The van der Waals surface area contributed by atoms with Crippen molar-refractivity contribution in [2.75, 3.05) is 13.2 Å². The van der Waals surface area contributed by atoms with Gasteiger partial charge in [0.1, 0.15) is 30.8 Å². The van der Waals surface area contributed by atoms with Crippen LogP contribution in [0.1, 0.15) is 0 Å². The molecule has 1 N–H and O–H groups in total. The predicted octanol–water partition coefficient (Wildman–Crippen LogP) is 2.41. The van der Waals surface area contributed by atoms with E-state index in [1.807, 2.05) is 18.2 Å². The SMILES string of the molecule is O=[N+]([O-])c1cccc(OCC(O)COc2ccccc2)c1. The molecule has 0 aliphatic rings. The van der Waals surface area contributed by atoms with Crippen LogP contribution in [0.3, 0.4) is 0 Å². The summed E-state index contributed by atoms with van der Waals surface area (Å²) in [5.74, 6) is 0.995. The maximum atomic E-state index is 10.6. The molecule has 0 aliphatic carbocycles. The Bertz CT molecular complexity index is 588. The molecule has 0 amide bonds. The van der Waals surface area contributed by atoms with Crippen molar-refractivity contribution in [3.8, 4) is 11.5 Å². The van der Waals surface area contributed by atoms with E-state index in [1.165, 1.54) is 18.2 Å². The Labute approximate surface area is 121 Å². The van der Waals surface area contributed by atoms with Crippen molar-refractivity contribution in [2.24, 2.45) is 0 Å². The first-order chi connectivity index (χ1) is 10.1. The Balaban J connectivity index is 1.80. The van der Waals surface area contributed by atoms with Gasteiger partial charge in [-0.15, -0.1) is 0 Å². The van der Waals surface area contributed by atoms with Crippen LogP contribution in [0, 0.1) is 10.1 Å². The number of aliphatic hydroxyl groups is 1. The number of non-ortho nitro benzene ring substituents is 1. The highest BCUT2D eigenvalue weighted by molar-refractivity contribution is 5.37. The second-order valence-corrected chi connectivity index (χ2v) is 4.34. The molecule has 6 nitrogen and oxygen atoms in total. The molecule has 0 bridgehead atoms. The van der Waals surface area contributed by atoms with Crippen LogP contribution in [-0.4, -0.2) is 29.3 Å². The van der Waals surface area contributed by atoms with E-state index in [2.05, 4.69) is 0 Å². The molecule has 2 aromatic carbocycles. The summed E-state index contributed by atoms with van der Waals surface area (Å²) < 4.78 is 10.7. The number of para-hydroxylation sites is 1. The zero-order valence-electron chi connectivity index (χ0n) is 11.2. The van der Waals surface area contributed by atoms with Gasteiger partial charge in [0.15, 0.2) is 0 Å². The summed E-state index contributed by atoms with van der Waals surface area (Å²) in [6.45, 7) is 0.0763. The minimum Gasteiger partial charge on any atom is -0.491 e. The maximum absolute atomic E-state index is 10.6. The van der Waals surface area contributed by atoms with Crippen LogP contribution < -0.4 is 9.47 Å². The van der Waals surface area contributed by atoms with Gasteiger partial charge < -0.3 is 14.6 Å². The zero-order valence-corrected chi connectivity index (χ0v) is 11.2. The van der Waals surface area contributed by atoms with Crippen molar-refractivity contribution >= 4 is 5.69 Å². The number of hydrogen-bond acceptors (Lipinski definition) is 5. The van der Waals surface area contributed by atoms with Gasteiger partial charge in [-0.2, -0.15) is 0 Å². The van der Waals surface area contributed by atoms with Crippen molar-refractivity contribution in [2.45, 2.75) is 6.10 Å². The monoisotopic (exact) mass is 289 g/mol. The molecule has 2 aromatic rings. The Morgan fingerprint density at radius 1 is 1.00 bits per heavy atom. The van der Waals surface area contributed by atoms with Crippen molar-refractivity contribution in [3.05, 3.63) is 64.7 Å². The zero-order chi connectivity index (χ0) is 15.1. The van der Waals surface area contributed by atoms with Crippen LogP contribution in [0.15, 0.2) is 54.6 Å². The number of benzene rings is 2. The highest BCUT2D eigenvalue weighted by Gasteiger charge is 2.09. The molecule has 0 saturated heterocycles. The smallest absolute Gasteiger partial charge is 0.273 e. The highest BCUT2D eigenvalue weighted by atomic mass is 16.6. The number of nitro groups is 1.